The monoisotopic (exact) mass is 230 g/mol. The van der Waals surface area contributed by atoms with Crippen molar-refractivity contribution in [3.63, 3.8) is 0 Å². The van der Waals surface area contributed by atoms with Crippen LogP contribution in [0.4, 0.5) is 13.2 Å². The summed E-state index contributed by atoms with van der Waals surface area (Å²) in [5.41, 5.74) is 0.210. The average molecular weight is 230 g/mol. The van der Waals surface area contributed by atoms with E-state index in [4.69, 9.17) is 4.74 Å². The molecular weight excluding hydrogens is 217 g/mol. The SMILES string of the molecule is Cc1ccc(C2(C(F)(F)F)COC2)c(C)c1. The van der Waals surface area contributed by atoms with Crippen molar-refractivity contribution in [1.82, 2.24) is 0 Å². The van der Waals surface area contributed by atoms with Gasteiger partial charge in [-0.05, 0) is 25.0 Å². The molecule has 2 rings (SSSR count). The summed E-state index contributed by atoms with van der Waals surface area (Å²) in [7, 11) is 0. The quantitative estimate of drug-likeness (QED) is 0.720. The van der Waals surface area contributed by atoms with Gasteiger partial charge in [-0.2, -0.15) is 13.2 Å². The predicted octanol–water partition coefficient (Wildman–Crippen LogP) is 3.13. The zero-order chi connectivity index (χ0) is 12.0. The molecule has 1 saturated heterocycles. The first-order chi connectivity index (χ1) is 7.37. The van der Waals surface area contributed by atoms with E-state index in [1.165, 1.54) is 0 Å². The Morgan fingerprint density at radius 3 is 2.19 bits per heavy atom. The van der Waals surface area contributed by atoms with Crippen LogP contribution in [-0.2, 0) is 10.2 Å². The van der Waals surface area contributed by atoms with E-state index in [0.29, 0.717) is 11.1 Å². The van der Waals surface area contributed by atoms with Crippen molar-refractivity contribution in [3.8, 4) is 0 Å². The third kappa shape index (κ3) is 1.52. The van der Waals surface area contributed by atoms with Gasteiger partial charge in [0.15, 0.2) is 0 Å². The second-order valence-electron chi connectivity index (χ2n) is 4.39. The molecule has 1 nitrogen and oxygen atoms in total. The molecule has 1 aliphatic heterocycles. The molecule has 1 aromatic rings. The predicted molar refractivity (Wildman–Crippen MR) is 54.5 cm³/mol. The highest BCUT2D eigenvalue weighted by atomic mass is 19.4. The molecule has 0 N–H and O–H groups in total. The maximum Gasteiger partial charge on any atom is 0.402 e. The first-order valence-corrected chi connectivity index (χ1v) is 5.09. The number of ether oxygens (including phenoxy) is 1. The molecule has 0 amide bonds. The molecule has 0 unspecified atom stereocenters. The topological polar surface area (TPSA) is 9.23 Å². The van der Waals surface area contributed by atoms with E-state index in [-0.39, 0.29) is 13.2 Å². The molecule has 88 valence electrons. The summed E-state index contributed by atoms with van der Waals surface area (Å²) in [6, 6.07) is 5.07. The minimum Gasteiger partial charge on any atom is -0.379 e. The Hall–Kier alpha value is -1.03. The first kappa shape index (κ1) is 11.5. The Morgan fingerprint density at radius 1 is 1.19 bits per heavy atom. The van der Waals surface area contributed by atoms with Gasteiger partial charge in [-0.25, -0.2) is 0 Å². The van der Waals surface area contributed by atoms with Crippen molar-refractivity contribution in [1.29, 1.82) is 0 Å². The fraction of sp³-hybridized carbons (Fsp3) is 0.500. The number of rotatable bonds is 1. The van der Waals surface area contributed by atoms with Crippen molar-refractivity contribution in [2.75, 3.05) is 13.2 Å². The Labute approximate surface area is 92.2 Å². The molecule has 1 aromatic carbocycles. The number of benzene rings is 1. The lowest BCUT2D eigenvalue weighted by Crippen LogP contribution is -2.57. The Bertz CT molecular complexity index is 405. The number of hydrogen-bond donors (Lipinski definition) is 0. The van der Waals surface area contributed by atoms with Crippen LogP contribution in [0.1, 0.15) is 16.7 Å². The highest BCUT2D eigenvalue weighted by Gasteiger charge is 2.61. The van der Waals surface area contributed by atoms with Gasteiger partial charge < -0.3 is 4.74 Å². The Balaban J connectivity index is 2.49. The highest BCUT2D eigenvalue weighted by Crippen LogP contribution is 2.47. The maximum atomic E-state index is 13.0. The fourth-order valence-electron chi connectivity index (χ4n) is 2.13. The molecule has 0 aliphatic carbocycles. The van der Waals surface area contributed by atoms with Crippen LogP contribution in [0.15, 0.2) is 18.2 Å². The maximum absolute atomic E-state index is 13.0. The molecule has 1 aliphatic rings. The van der Waals surface area contributed by atoms with E-state index < -0.39 is 11.6 Å². The van der Waals surface area contributed by atoms with Crippen LogP contribution in [0.3, 0.4) is 0 Å². The van der Waals surface area contributed by atoms with Gasteiger partial charge in [0.2, 0.25) is 0 Å². The summed E-state index contributed by atoms with van der Waals surface area (Å²) in [5.74, 6) is 0. The number of hydrogen-bond acceptors (Lipinski definition) is 1. The third-order valence-corrected chi connectivity index (χ3v) is 3.14. The second kappa shape index (κ2) is 3.48. The smallest absolute Gasteiger partial charge is 0.379 e. The summed E-state index contributed by atoms with van der Waals surface area (Å²) in [6.07, 6.45) is -4.24. The highest BCUT2D eigenvalue weighted by molar-refractivity contribution is 5.39. The number of halogens is 3. The third-order valence-electron chi connectivity index (χ3n) is 3.14. The standard InChI is InChI=1S/C12H13F3O/c1-8-3-4-10(9(2)5-8)11(6-16-7-11)12(13,14)15/h3-5H,6-7H2,1-2H3. The summed E-state index contributed by atoms with van der Waals surface area (Å²) >= 11 is 0. The van der Waals surface area contributed by atoms with Gasteiger partial charge in [-0.15, -0.1) is 0 Å². The van der Waals surface area contributed by atoms with Crippen molar-refractivity contribution in [3.05, 3.63) is 34.9 Å². The van der Waals surface area contributed by atoms with Crippen LogP contribution < -0.4 is 0 Å². The Morgan fingerprint density at radius 2 is 1.81 bits per heavy atom. The minimum absolute atomic E-state index is 0.263. The second-order valence-corrected chi connectivity index (χ2v) is 4.39. The lowest BCUT2D eigenvalue weighted by Gasteiger charge is -2.43. The van der Waals surface area contributed by atoms with Crippen LogP contribution >= 0.6 is 0 Å². The van der Waals surface area contributed by atoms with Crippen molar-refractivity contribution in [2.24, 2.45) is 0 Å². The van der Waals surface area contributed by atoms with E-state index in [1.54, 1.807) is 25.1 Å². The van der Waals surface area contributed by atoms with Crippen LogP contribution in [0.2, 0.25) is 0 Å². The van der Waals surface area contributed by atoms with E-state index >= 15 is 0 Å². The first-order valence-electron chi connectivity index (χ1n) is 5.09. The number of alkyl halides is 3. The lowest BCUT2D eigenvalue weighted by molar-refractivity contribution is -0.262. The molecular formula is C12H13F3O. The van der Waals surface area contributed by atoms with Crippen LogP contribution in [-0.4, -0.2) is 19.4 Å². The minimum atomic E-state index is -4.24. The zero-order valence-electron chi connectivity index (χ0n) is 9.19. The van der Waals surface area contributed by atoms with Gasteiger partial charge in [0.1, 0.15) is 5.41 Å². The van der Waals surface area contributed by atoms with E-state index in [0.717, 1.165) is 5.56 Å². The average Bonchev–Trinajstić information content (AvgIpc) is 2.04. The normalized spacial score (nSPS) is 19.3. The summed E-state index contributed by atoms with van der Waals surface area (Å²) in [5, 5.41) is 0. The van der Waals surface area contributed by atoms with Gasteiger partial charge in [0.05, 0.1) is 13.2 Å². The van der Waals surface area contributed by atoms with E-state index in [2.05, 4.69) is 0 Å². The summed E-state index contributed by atoms with van der Waals surface area (Å²) in [4.78, 5) is 0. The fourth-order valence-corrected chi connectivity index (χ4v) is 2.13. The molecule has 16 heavy (non-hydrogen) atoms. The van der Waals surface area contributed by atoms with Crippen molar-refractivity contribution < 1.29 is 17.9 Å². The van der Waals surface area contributed by atoms with Crippen LogP contribution in [0, 0.1) is 13.8 Å². The van der Waals surface area contributed by atoms with Gasteiger partial charge >= 0.3 is 6.18 Å². The van der Waals surface area contributed by atoms with Gasteiger partial charge in [-0.1, -0.05) is 23.8 Å². The van der Waals surface area contributed by atoms with Crippen LogP contribution in [0.5, 0.6) is 0 Å². The van der Waals surface area contributed by atoms with Crippen molar-refractivity contribution >= 4 is 0 Å². The lowest BCUT2D eigenvalue weighted by atomic mass is 9.75. The molecule has 0 atom stereocenters. The van der Waals surface area contributed by atoms with Gasteiger partial charge in [0.25, 0.3) is 0 Å². The van der Waals surface area contributed by atoms with E-state index in [9.17, 15) is 13.2 Å². The summed E-state index contributed by atoms with van der Waals surface area (Å²) in [6.45, 7) is 3.06. The van der Waals surface area contributed by atoms with Crippen molar-refractivity contribution in [2.45, 2.75) is 25.4 Å². The molecule has 0 saturated carbocycles. The molecule has 1 fully saturated rings. The molecule has 0 spiro atoms. The largest absolute Gasteiger partial charge is 0.402 e. The van der Waals surface area contributed by atoms with Gasteiger partial charge in [-0.3, -0.25) is 0 Å². The summed E-state index contributed by atoms with van der Waals surface area (Å²) < 4.78 is 43.9. The molecule has 0 bridgehead atoms. The van der Waals surface area contributed by atoms with Crippen LogP contribution in [0.25, 0.3) is 0 Å². The van der Waals surface area contributed by atoms with Gasteiger partial charge in [0, 0.05) is 0 Å². The number of aryl methyl sites for hydroxylation is 2. The molecule has 4 heteroatoms. The Kier molecular flexibility index (Phi) is 2.49. The molecule has 0 radical (unpaired) electrons. The molecule has 0 aromatic heterocycles. The zero-order valence-corrected chi connectivity index (χ0v) is 9.19. The molecule has 1 heterocycles. The van der Waals surface area contributed by atoms with E-state index in [1.807, 2.05) is 6.92 Å².